The van der Waals surface area contributed by atoms with Gasteiger partial charge in [0.15, 0.2) is 0 Å². The van der Waals surface area contributed by atoms with Gasteiger partial charge >= 0.3 is 6.18 Å². The lowest BCUT2D eigenvalue weighted by Gasteiger charge is -2.11. The van der Waals surface area contributed by atoms with Gasteiger partial charge in [-0.2, -0.15) is 13.2 Å². The third-order valence-corrected chi connectivity index (χ3v) is 3.58. The van der Waals surface area contributed by atoms with Gasteiger partial charge in [-0.05, 0) is 33.6 Å². The average molecular weight is 352 g/mol. The van der Waals surface area contributed by atoms with E-state index in [-0.39, 0.29) is 9.50 Å². The maximum atomic E-state index is 12.4. The van der Waals surface area contributed by atoms with Gasteiger partial charge in [0.2, 0.25) is 0 Å². The molecule has 0 aliphatic heterocycles. The molecule has 0 unspecified atom stereocenters. The highest BCUT2D eigenvalue weighted by Crippen LogP contribution is 2.39. The molecule has 0 saturated carbocycles. The van der Waals surface area contributed by atoms with E-state index < -0.39 is 11.7 Å². The van der Waals surface area contributed by atoms with Crippen molar-refractivity contribution in [2.24, 2.45) is 0 Å². The summed E-state index contributed by atoms with van der Waals surface area (Å²) in [5.74, 6) is 0. The summed E-state index contributed by atoms with van der Waals surface area (Å²) < 4.78 is 37.2. The van der Waals surface area contributed by atoms with Crippen LogP contribution in [0.4, 0.5) is 13.2 Å². The summed E-state index contributed by atoms with van der Waals surface area (Å²) in [5, 5.41) is 0.401. The molecular formula is C8H4Br2ClF3. The number of hydrogen-bond acceptors (Lipinski definition) is 0. The van der Waals surface area contributed by atoms with E-state index in [0.717, 1.165) is 6.07 Å². The van der Waals surface area contributed by atoms with Gasteiger partial charge in [-0.25, -0.2) is 0 Å². The summed E-state index contributed by atoms with van der Waals surface area (Å²) in [6.07, 6.45) is -4.39. The van der Waals surface area contributed by atoms with Gasteiger partial charge in [0, 0.05) is 9.80 Å². The zero-order valence-corrected chi connectivity index (χ0v) is 10.6. The molecule has 0 saturated heterocycles. The van der Waals surface area contributed by atoms with Crippen molar-refractivity contribution in [2.75, 3.05) is 0 Å². The molecule has 1 aromatic carbocycles. The Kier molecular flexibility index (Phi) is 3.88. The van der Waals surface area contributed by atoms with Crippen molar-refractivity contribution < 1.29 is 13.2 Å². The molecule has 0 aliphatic carbocycles. The van der Waals surface area contributed by atoms with Crippen molar-refractivity contribution in [1.29, 1.82) is 0 Å². The van der Waals surface area contributed by atoms with Gasteiger partial charge in [0.05, 0.1) is 10.6 Å². The van der Waals surface area contributed by atoms with E-state index in [1.807, 2.05) is 0 Å². The van der Waals surface area contributed by atoms with Crippen molar-refractivity contribution in [1.82, 2.24) is 0 Å². The van der Waals surface area contributed by atoms with Crippen LogP contribution in [0.1, 0.15) is 11.1 Å². The first kappa shape index (κ1) is 12.3. The van der Waals surface area contributed by atoms with Crippen molar-refractivity contribution in [3.63, 3.8) is 0 Å². The summed E-state index contributed by atoms with van der Waals surface area (Å²) in [7, 11) is 0. The predicted octanol–water partition coefficient (Wildman–Crippen LogP) is 5.02. The van der Waals surface area contributed by atoms with Gasteiger partial charge in [0.1, 0.15) is 0 Å². The van der Waals surface area contributed by atoms with Gasteiger partial charge in [-0.3, -0.25) is 0 Å². The van der Waals surface area contributed by atoms with Crippen LogP contribution in [-0.4, -0.2) is 0 Å². The molecule has 0 N–H and O–H groups in total. The molecule has 1 rings (SSSR count). The molecule has 0 spiro atoms. The van der Waals surface area contributed by atoms with Crippen LogP contribution in [-0.2, 0) is 11.5 Å². The first-order valence-corrected chi connectivity index (χ1v) is 5.76. The Morgan fingerprint density at radius 3 is 2.29 bits per heavy atom. The first-order chi connectivity index (χ1) is 6.36. The van der Waals surface area contributed by atoms with Crippen LogP contribution in [0.25, 0.3) is 0 Å². The Balaban J connectivity index is 3.35. The number of halogens is 6. The Morgan fingerprint density at radius 1 is 1.29 bits per heavy atom. The highest BCUT2D eigenvalue weighted by Gasteiger charge is 2.34. The smallest absolute Gasteiger partial charge is 0.166 e. The Morgan fingerprint density at radius 2 is 1.86 bits per heavy atom. The lowest BCUT2D eigenvalue weighted by Crippen LogP contribution is -2.07. The molecule has 0 fully saturated rings. The van der Waals surface area contributed by atoms with E-state index in [1.54, 1.807) is 0 Å². The summed E-state index contributed by atoms with van der Waals surface area (Å²) >= 11 is 11.5. The first-order valence-electron chi connectivity index (χ1n) is 3.47. The lowest BCUT2D eigenvalue weighted by molar-refractivity contribution is -0.138. The second-order valence-corrected chi connectivity index (χ2v) is 4.33. The van der Waals surface area contributed by atoms with E-state index in [4.69, 9.17) is 11.6 Å². The number of benzene rings is 1. The van der Waals surface area contributed by atoms with Crippen LogP contribution < -0.4 is 0 Å². The molecule has 14 heavy (non-hydrogen) atoms. The third-order valence-electron chi connectivity index (χ3n) is 1.55. The molecule has 0 aromatic heterocycles. The Labute approximate surface area is 101 Å². The van der Waals surface area contributed by atoms with Gasteiger partial charge < -0.3 is 0 Å². The second kappa shape index (κ2) is 4.41. The molecule has 0 atom stereocenters. The van der Waals surface area contributed by atoms with Crippen LogP contribution in [0.15, 0.2) is 16.6 Å². The predicted molar refractivity (Wildman–Crippen MR) is 56.8 cm³/mol. The number of hydrogen-bond donors (Lipinski definition) is 0. The zero-order chi connectivity index (χ0) is 10.9. The molecule has 0 bridgehead atoms. The van der Waals surface area contributed by atoms with E-state index in [9.17, 15) is 13.2 Å². The Bertz CT molecular complexity index is 349. The highest BCUT2D eigenvalue weighted by molar-refractivity contribution is 9.10. The van der Waals surface area contributed by atoms with Crippen LogP contribution in [0.2, 0.25) is 5.02 Å². The molecule has 0 aliphatic rings. The normalized spacial score (nSPS) is 11.9. The van der Waals surface area contributed by atoms with Crippen LogP contribution >= 0.6 is 43.5 Å². The summed E-state index contributed by atoms with van der Waals surface area (Å²) in [6, 6.07) is 2.54. The SMILES string of the molecule is FC(F)(F)c1cc(CBr)cc(Cl)c1Br. The monoisotopic (exact) mass is 350 g/mol. The third kappa shape index (κ3) is 2.64. The van der Waals surface area contributed by atoms with E-state index in [2.05, 4.69) is 31.9 Å². The van der Waals surface area contributed by atoms with Crippen LogP contribution in [0.3, 0.4) is 0 Å². The molecule has 78 valence electrons. The van der Waals surface area contributed by atoms with Crippen LogP contribution in [0, 0.1) is 0 Å². The fourth-order valence-electron chi connectivity index (χ4n) is 0.929. The zero-order valence-electron chi connectivity index (χ0n) is 6.63. The van der Waals surface area contributed by atoms with Crippen molar-refractivity contribution >= 4 is 43.5 Å². The van der Waals surface area contributed by atoms with E-state index in [0.29, 0.717) is 10.9 Å². The summed E-state index contributed by atoms with van der Waals surface area (Å²) in [6.45, 7) is 0. The molecule has 0 amide bonds. The number of alkyl halides is 4. The topological polar surface area (TPSA) is 0 Å². The largest absolute Gasteiger partial charge is 0.417 e. The fraction of sp³-hybridized carbons (Fsp3) is 0.250. The fourth-order valence-corrected chi connectivity index (χ4v) is 1.95. The summed E-state index contributed by atoms with van der Waals surface area (Å²) in [4.78, 5) is 0. The molecule has 0 radical (unpaired) electrons. The minimum atomic E-state index is -4.39. The molecule has 1 aromatic rings. The molecule has 0 heterocycles. The van der Waals surface area contributed by atoms with Gasteiger partial charge in [-0.15, -0.1) is 0 Å². The van der Waals surface area contributed by atoms with Crippen molar-refractivity contribution in [3.8, 4) is 0 Å². The Hall–Kier alpha value is 0.260. The van der Waals surface area contributed by atoms with E-state index >= 15 is 0 Å². The van der Waals surface area contributed by atoms with Crippen molar-refractivity contribution in [3.05, 3.63) is 32.8 Å². The van der Waals surface area contributed by atoms with Gasteiger partial charge in [-0.1, -0.05) is 27.5 Å². The van der Waals surface area contributed by atoms with Crippen LogP contribution in [0.5, 0.6) is 0 Å². The molecular weight excluding hydrogens is 348 g/mol. The highest BCUT2D eigenvalue weighted by atomic mass is 79.9. The average Bonchev–Trinajstić information content (AvgIpc) is 2.07. The van der Waals surface area contributed by atoms with E-state index in [1.165, 1.54) is 6.07 Å². The maximum Gasteiger partial charge on any atom is 0.417 e. The lowest BCUT2D eigenvalue weighted by atomic mass is 10.1. The van der Waals surface area contributed by atoms with Crippen molar-refractivity contribution in [2.45, 2.75) is 11.5 Å². The molecule has 0 nitrogen and oxygen atoms in total. The second-order valence-electron chi connectivity index (χ2n) is 2.57. The standard InChI is InChI=1S/C8H4Br2ClF3/c9-3-4-1-5(8(12,13)14)7(10)6(11)2-4/h1-2H,3H2. The maximum absolute atomic E-state index is 12.4. The quantitative estimate of drug-likeness (QED) is 0.623. The summed E-state index contributed by atoms with van der Waals surface area (Å²) in [5.41, 5.74) is -0.259. The number of rotatable bonds is 1. The van der Waals surface area contributed by atoms with Gasteiger partial charge in [0.25, 0.3) is 0 Å². The minimum absolute atomic E-state index is 0.0641. The molecule has 6 heteroatoms. The minimum Gasteiger partial charge on any atom is -0.166 e.